The van der Waals surface area contributed by atoms with Gasteiger partial charge in [0.15, 0.2) is 5.79 Å². The van der Waals surface area contributed by atoms with Gasteiger partial charge in [0.25, 0.3) is 0 Å². The highest BCUT2D eigenvalue weighted by atomic mass is 16.7. The van der Waals surface area contributed by atoms with Crippen LogP contribution in [0.2, 0.25) is 0 Å². The van der Waals surface area contributed by atoms with Crippen molar-refractivity contribution in [2.24, 2.45) is 52.3 Å². The predicted molar refractivity (Wildman–Crippen MR) is 130 cm³/mol. The third-order valence-electron chi connectivity index (χ3n) is 11.6. The van der Waals surface area contributed by atoms with Gasteiger partial charge in [0.2, 0.25) is 0 Å². The molecule has 0 aromatic heterocycles. The van der Waals surface area contributed by atoms with Crippen molar-refractivity contribution in [3.63, 3.8) is 0 Å². The smallest absolute Gasteiger partial charge is 0.167 e. The molecule has 4 fully saturated rings. The minimum atomic E-state index is -0.315. The lowest BCUT2D eigenvalue weighted by atomic mass is 9.44. The number of ether oxygens (including phenoxy) is 2. The molecule has 0 spiro atoms. The Morgan fingerprint density at radius 1 is 0.774 bits per heavy atom. The van der Waals surface area contributed by atoms with E-state index in [1.54, 1.807) is 0 Å². The Balaban J connectivity index is 1.46. The lowest BCUT2D eigenvalue weighted by Gasteiger charge is -2.62. The minimum absolute atomic E-state index is 0.315. The third-order valence-corrected chi connectivity index (χ3v) is 11.6. The van der Waals surface area contributed by atoms with Crippen molar-refractivity contribution in [1.82, 2.24) is 0 Å². The molecular weight excluding hydrogens is 380 g/mol. The van der Waals surface area contributed by atoms with E-state index in [9.17, 15) is 0 Å². The van der Waals surface area contributed by atoms with E-state index < -0.39 is 0 Å². The van der Waals surface area contributed by atoms with Crippen LogP contribution >= 0.6 is 0 Å². The van der Waals surface area contributed by atoms with Gasteiger partial charge in [-0.1, -0.05) is 53.9 Å². The van der Waals surface area contributed by atoms with Crippen LogP contribution in [-0.4, -0.2) is 20.0 Å². The Morgan fingerprint density at radius 3 is 2.16 bits per heavy atom. The molecule has 0 N–H and O–H groups in total. The number of methoxy groups -OCH3 is 2. The van der Waals surface area contributed by atoms with Crippen molar-refractivity contribution in [1.29, 1.82) is 0 Å². The molecule has 0 aromatic carbocycles. The number of fused-ring (bicyclic) bond motifs is 5. The average Bonchev–Trinajstić information content (AvgIpc) is 3.10. The lowest BCUT2D eigenvalue weighted by Crippen LogP contribution is -2.56. The van der Waals surface area contributed by atoms with E-state index in [0.717, 1.165) is 54.3 Å². The van der Waals surface area contributed by atoms with Gasteiger partial charge in [0.05, 0.1) is 0 Å². The molecule has 0 unspecified atom stereocenters. The fourth-order valence-electron chi connectivity index (χ4n) is 9.68. The molecule has 31 heavy (non-hydrogen) atoms. The number of hydrogen-bond acceptors (Lipinski definition) is 2. The molecule has 0 aliphatic heterocycles. The molecule has 4 saturated carbocycles. The second-order valence-electron chi connectivity index (χ2n) is 13.2. The molecule has 8 atom stereocenters. The highest BCUT2D eigenvalue weighted by Crippen LogP contribution is 2.69. The van der Waals surface area contributed by atoms with Crippen molar-refractivity contribution in [3.8, 4) is 0 Å². The fraction of sp³-hybridized carbons (Fsp3) is 1.00. The van der Waals surface area contributed by atoms with E-state index in [2.05, 4.69) is 34.6 Å². The topological polar surface area (TPSA) is 18.5 Å². The van der Waals surface area contributed by atoms with Crippen LogP contribution in [0.4, 0.5) is 0 Å². The summed E-state index contributed by atoms with van der Waals surface area (Å²) in [7, 11) is 3.70. The maximum atomic E-state index is 5.91. The first-order valence-corrected chi connectivity index (χ1v) is 13.8. The van der Waals surface area contributed by atoms with E-state index in [1.165, 1.54) is 64.2 Å². The average molecular weight is 433 g/mol. The molecule has 0 aromatic rings. The molecule has 4 rings (SSSR count). The van der Waals surface area contributed by atoms with Crippen LogP contribution in [0, 0.1) is 52.3 Å². The lowest BCUT2D eigenvalue weighted by molar-refractivity contribution is -0.261. The summed E-state index contributed by atoms with van der Waals surface area (Å²) in [6.45, 7) is 12.7. The first-order valence-electron chi connectivity index (χ1n) is 13.8. The molecule has 0 radical (unpaired) electrons. The van der Waals surface area contributed by atoms with E-state index in [-0.39, 0.29) is 5.79 Å². The van der Waals surface area contributed by atoms with E-state index in [4.69, 9.17) is 9.47 Å². The molecule has 4 aliphatic carbocycles. The number of hydrogen-bond donors (Lipinski definition) is 0. The quantitative estimate of drug-likeness (QED) is 0.378. The van der Waals surface area contributed by atoms with Crippen LogP contribution in [0.15, 0.2) is 0 Å². The summed E-state index contributed by atoms with van der Waals surface area (Å²) in [5.74, 6) is 6.10. The van der Waals surface area contributed by atoms with Gasteiger partial charge in [0, 0.05) is 27.1 Å². The summed E-state index contributed by atoms with van der Waals surface area (Å²) in [6.07, 6.45) is 16.6. The maximum absolute atomic E-state index is 5.91. The van der Waals surface area contributed by atoms with Gasteiger partial charge in [-0.15, -0.1) is 0 Å². The van der Waals surface area contributed by atoms with Gasteiger partial charge in [0.1, 0.15) is 0 Å². The number of rotatable bonds is 7. The Morgan fingerprint density at radius 2 is 1.48 bits per heavy atom. The Labute approximate surface area is 193 Å². The minimum Gasteiger partial charge on any atom is -0.353 e. The zero-order valence-electron chi connectivity index (χ0n) is 21.8. The summed E-state index contributed by atoms with van der Waals surface area (Å²) in [5, 5.41) is 0. The van der Waals surface area contributed by atoms with Gasteiger partial charge in [-0.25, -0.2) is 0 Å². The standard InChI is InChI=1S/C29H52O2/c1-20(2)9-8-10-21(3)24-13-14-25-23-12-11-22-19-29(30-6,31-7)18-17-27(22,4)26(23)15-16-28(24,25)5/h20-26H,8-19H2,1-7H3/t21-,22+,23-,24+,25-,26-,27-,28+/m0/s1. The van der Waals surface area contributed by atoms with Gasteiger partial charge in [-0.2, -0.15) is 0 Å². The molecule has 0 amide bonds. The van der Waals surface area contributed by atoms with Crippen LogP contribution in [0.3, 0.4) is 0 Å². The molecule has 0 bridgehead atoms. The Bertz CT molecular complexity index is 610. The highest BCUT2D eigenvalue weighted by molar-refractivity contribution is 5.10. The summed E-state index contributed by atoms with van der Waals surface area (Å²) in [5.41, 5.74) is 1.12. The van der Waals surface area contributed by atoms with Crippen molar-refractivity contribution in [3.05, 3.63) is 0 Å². The summed E-state index contributed by atoms with van der Waals surface area (Å²) in [6, 6.07) is 0. The van der Waals surface area contributed by atoms with E-state index in [1.807, 2.05) is 14.2 Å². The van der Waals surface area contributed by atoms with Crippen LogP contribution in [0.1, 0.15) is 112 Å². The first kappa shape index (κ1) is 24.1. The second-order valence-corrected chi connectivity index (χ2v) is 13.2. The molecule has 180 valence electrons. The largest absolute Gasteiger partial charge is 0.353 e. The van der Waals surface area contributed by atoms with E-state index in [0.29, 0.717) is 10.8 Å². The van der Waals surface area contributed by atoms with Gasteiger partial charge in [-0.3, -0.25) is 0 Å². The maximum Gasteiger partial charge on any atom is 0.167 e. The van der Waals surface area contributed by atoms with Crippen LogP contribution in [0.5, 0.6) is 0 Å². The highest BCUT2D eigenvalue weighted by Gasteiger charge is 2.61. The SMILES string of the molecule is COC1(OC)CC[C@@]2(C)[C@H](CC[C@@H]3[C@@H]2CC[C@]2(C)[C@@H]([C@@H](C)CCCC(C)C)CC[C@@H]32)C1. The molecule has 2 nitrogen and oxygen atoms in total. The summed E-state index contributed by atoms with van der Waals surface area (Å²) >= 11 is 0. The van der Waals surface area contributed by atoms with Gasteiger partial charge in [-0.05, 0) is 97.2 Å². The predicted octanol–water partition coefficient (Wildman–Crippen LogP) is 8.10. The zero-order chi connectivity index (χ0) is 22.4. The molecule has 4 aliphatic rings. The molecule has 0 saturated heterocycles. The van der Waals surface area contributed by atoms with E-state index >= 15 is 0 Å². The molecule has 0 heterocycles. The van der Waals surface area contributed by atoms with Crippen LogP contribution in [-0.2, 0) is 9.47 Å². The summed E-state index contributed by atoms with van der Waals surface area (Å²) < 4.78 is 11.8. The van der Waals surface area contributed by atoms with Crippen molar-refractivity contribution in [2.45, 2.75) is 117 Å². The second kappa shape index (κ2) is 8.94. The molecule has 2 heteroatoms. The normalized spacial score (nSPS) is 45.1. The van der Waals surface area contributed by atoms with Crippen molar-refractivity contribution in [2.75, 3.05) is 14.2 Å². The van der Waals surface area contributed by atoms with Gasteiger partial charge < -0.3 is 9.47 Å². The van der Waals surface area contributed by atoms with Crippen LogP contribution in [0.25, 0.3) is 0 Å². The van der Waals surface area contributed by atoms with Crippen LogP contribution < -0.4 is 0 Å². The monoisotopic (exact) mass is 432 g/mol. The first-order chi connectivity index (χ1) is 14.7. The molecular formula is C29H52O2. The Kier molecular flexibility index (Phi) is 6.93. The zero-order valence-corrected chi connectivity index (χ0v) is 21.8. The summed E-state index contributed by atoms with van der Waals surface area (Å²) in [4.78, 5) is 0. The van der Waals surface area contributed by atoms with Crippen molar-refractivity contribution >= 4 is 0 Å². The van der Waals surface area contributed by atoms with Gasteiger partial charge >= 0.3 is 0 Å². The van der Waals surface area contributed by atoms with Crippen molar-refractivity contribution < 1.29 is 9.47 Å². The third kappa shape index (κ3) is 4.05. The fourth-order valence-corrected chi connectivity index (χ4v) is 9.68. The Hall–Kier alpha value is -0.0800.